The van der Waals surface area contributed by atoms with Gasteiger partial charge in [0.05, 0.1) is 17.5 Å². The first-order valence-electron chi connectivity index (χ1n) is 8.89. The van der Waals surface area contributed by atoms with Crippen molar-refractivity contribution < 1.29 is 23.5 Å². The van der Waals surface area contributed by atoms with Gasteiger partial charge in [0.2, 0.25) is 0 Å². The van der Waals surface area contributed by atoms with Crippen molar-refractivity contribution in [2.45, 2.75) is 0 Å². The van der Waals surface area contributed by atoms with E-state index >= 15 is 0 Å². The molecule has 0 fully saturated rings. The first kappa shape index (κ1) is 21.8. The van der Waals surface area contributed by atoms with E-state index in [0.29, 0.717) is 15.6 Å². The van der Waals surface area contributed by atoms with Gasteiger partial charge in [-0.2, -0.15) is 5.10 Å². The maximum absolute atomic E-state index is 13.7. The molecule has 3 rings (SSSR count). The van der Waals surface area contributed by atoms with Crippen molar-refractivity contribution in [3.63, 3.8) is 0 Å². The number of hydrogen-bond acceptors (Lipinski definition) is 5. The van der Waals surface area contributed by atoms with Gasteiger partial charge in [0, 0.05) is 4.47 Å². The average molecular weight is 484 g/mol. The monoisotopic (exact) mass is 483 g/mol. The summed E-state index contributed by atoms with van der Waals surface area (Å²) in [5.74, 6) is -3.08. The minimum absolute atomic E-state index is 0.139. The lowest BCUT2D eigenvalue weighted by atomic mass is 10.2. The molecule has 9 heteroatoms. The van der Waals surface area contributed by atoms with Gasteiger partial charge in [-0.25, -0.2) is 14.6 Å². The highest BCUT2D eigenvalue weighted by Gasteiger charge is 2.15. The minimum Gasteiger partial charge on any atom is -0.423 e. The van der Waals surface area contributed by atoms with Gasteiger partial charge in [-0.05, 0) is 48.0 Å². The molecule has 0 aliphatic rings. The predicted molar refractivity (Wildman–Crippen MR) is 116 cm³/mol. The summed E-state index contributed by atoms with van der Waals surface area (Å²) in [6, 6.07) is 18.9. The zero-order chi connectivity index (χ0) is 22.2. The molecule has 0 radical (unpaired) electrons. The van der Waals surface area contributed by atoms with Crippen molar-refractivity contribution in [3.05, 3.63) is 94.2 Å². The fourth-order valence-electron chi connectivity index (χ4n) is 2.38. The number of carbonyl (C=O) groups excluding carboxylic acids is 3. The average Bonchev–Trinajstić information content (AvgIpc) is 2.76. The third-order valence-corrected chi connectivity index (χ3v) is 4.34. The lowest BCUT2D eigenvalue weighted by molar-refractivity contribution is -0.136. The second-order valence-electron chi connectivity index (χ2n) is 6.11. The van der Waals surface area contributed by atoms with Crippen LogP contribution < -0.4 is 15.5 Å². The smallest absolute Gasteiger partial charge is 0.343 e. The topological polar surface area (TPSA) is 96.9 Å². The van der Waals surface area contributed by atoms with Gasteiger partial charge >= 0.3 is 17.8 Å². The van der Waals surface area contributed by atoms with Gasteiger partial charge in [0.25, 0.3) is 0 Å². The maximum atomic E-state index is 13.7. The van der Waals surface area contributed by atoms with Crippen LogP contribution in [0.4, 0.5) is 10.1 Å². The molecule has 3 aromatic carbocycles. The Morgan fingerprint density at radius 2 is 1.71 bits per heavy atom. The molecule has 7 nitrogen and oxygen atoms in total. The molecule has 0 unspecified atom stereocenters. The van der Waals surface area contributed by atoms with Crippen molar-refractivity contribution in [3.8, 4) is 5.75 Å². The molecule has 0 aromatic heterocycles. The van der Waals surface area contributed by atoms with Crippen LogP contribution in [0.25, 0.3) is 0 Å². The summed E-state index contributed by atoms with van der Waals surface area (Å²) < 4.78 is 19.5. The van der Waals surface area contributed by atoms with Crippen molar-refractivity contribution in [2.75, 3.05) is 5.32 Å². The van der Waals surface area contributed by atoms with Crippen molar-refractivity contribution in [1.29, 1.82) is 0 Å². The fraction of sp³-hybridized carbons (Fsp3) is 0. The van der Waals surface area contributed by atoms with Gasteiger partial charge in [0.15, 0.2) is 0 Å². The molecule has 0 spiro atoms. The van der Waals surface area contributed by atoms with E-state index in [4.69, 9.17) is 4.74 Å². The number of hydrogen-bond donors (Lipinski definition) is 2. The van der Waals surface area contributed by atoms with Gasteiger partial charge in [0.1, 0.15) is 11.6 Å². The van der Waals surface area contributed by atoms with E-state index in [1.165, 1.54) is 24.4 Å². The van der Waals surface area contributed by atoms with Crippen LogP contribution in [0.5, 0.6) is 5.75 Å². The molecule has 2 N–H and O–H groups in total. The Balaban J connectivity index is 1.56. The number of anilines is 1. The second-order valence-corrected chi connectivity index (χ2v) is 7.02. The Morgan fingerprint density at radius 3 is 2.45 bits per heavy atom. The molecular formula is C22H15BrFN3O4. The first-order chi connectivity index (χ1) is 14.9. The maximum Gasteiger partial charge on any atom is 0.343 e. The van der Waals surface area contributed by atoms with Crippen molar-refractivity contribution in [2.24, 2.45) is 5.10 Å². The number of nitrogens with zero attached hydrogens (tertiary/aromatic N) is 1. The highest BCUT2D eigenvalue weighted by Crippen LogP contribution is 2.19. The third kappa shape index (κ3) is 6.31. The van der Waals surface area contributed by atoms with E-state index in [0.717, 1.165) is 6.07 Å². The summed E-state index contributed by atoms with van der Waals surface area (Å²) in [5.41, 5.74) is 2.83. The number of esters is 1. The molecule has 0 heterocycles. The van der Waals surface area contributed by atoms with Crippen molar-refractivity contribution >= 4 is 45.6 Å². The van der Waals surface area contributed by atoms with Crippen LogP contribution in [0.3, 0.4) is 0 Å². The number of carbonyl (C=O) groups is 3. The third-order valence-electron chi connectivity index (χ3n) is 3.84. The van der Waals surface area contributed by atoms with Gasteiger partial charge < -0.3 is 10.1 Å². The second kappa shape index (κ2) is 10.3. The molecule has 156 valence electrons. The molecular weight excluding hydrogens is 469 g/mol. The molecule has 0 saturated carbocycles. The molecule has 31 heavy (non-hydrogen) atoms. The molecule has 3 aromatic rings. The Labute approximate surface area is 185 Å². The summed E-state index contributed by atoms with van der Waals surface area (Å²) in [5, 5.41) is 5.85. The van der Waals surface area contributed by atoms with E-state index in [9.17, 15) is 18.8 Å². The lowest BCUT2D eigenvalue weighted by Gasteiger charge is -2.06. The van der Waals surface area contributed by atoms with E-state index < -0.39 is 23.6 Å². The quantitative estimate of drug-likeness (QED) is 0.189. The highest BCUT2D eigenvalue weighted by molar-refractivity contribution is 9.10. The molecule has 2 amide bonds. The Morgan fingerprint density at radius 1 is 0.935 bits per heavy atom. The van der Waals surface area contributed by atoms with Crippen LogP contribution in [-0.2, 0) is 9.59 Å². The Hall–Kier alpha value is -3.85. The number of halogens is 2. The first-order valence-corrected chi connectivity index (χ1v) is 9.68. The molecule has 0 bridgehead atoms. The number of amides is 2. The zero-order valence-electron chi connectivity index (χ0n) is 15.8. The van der Waals surface area contributed by atoms with Crippen molar-refractivity contribution in [1.82, 2.24) is 5.43 Å². The van der Waals surface area contributed by atoms with E-state index in [1.807, 2.05) is 5.43 Å². The lowest BCUT2D eigenvalue weighted by Crippen LogP contribution is -2.32. The van der Waals surface area contributed by atoms with Gasteiger partial charge in [-0.1, -0.05) is 46.3 Å². The highest BCUT2D eigenvalue weighted by atomic mass is 79.9. The predicted octanol–water partition coefficient (Wildman–Crippen LogP) is 3.90. The summed E-state index contributed by atoms with van der Waals surface area (Å²) in [4.78, 5) is 35.8. The number of ether oxygens (including phenoxy) is 1. The SMILES string of the molecule is O=C(N/N=C/c1cccc(OC(=O)c2ccccc2)c1)C(=O)Nc1ccc(Br)cc1F. The van der Waals surface area contributed by atoms with Crippen LogP contribution in [0.15, 0.2) is 82.4 Å². The minimum atomic E-state index is -1.08. The van der Waals surface area contributed by atoms with Gasteiger partial charge in [-0.3, -0.25) is 9.59 Å². The van der Waals surface area contributed by atoms with Crippen LogP contribution >= 0.6 is 15.9 Å². The summed E-state index contributed by atoms with van der Waals surface area (Å²) >= 11 is 3.10. The van der Waals surface area contributed by atoms with Crippen LogP contribution in [-0.4, -0.2) is 24.0 Å². The largest absolute Gasteiger partial charge is 0.423 e. The molecule has 0 saturated heterocycles. The van der Waals surface area contributed by atoms with Crippen LogP contribution in [0.2, 0.25) is 0 Å². The molecule has 0 atom stereocenters. The van der Waals surface area contributed by atoms with E-state index in [2.05, 4.69) is 26.3 Å². The van der Waals surface area contributed by atoms with E-state index in [1.54, 1.807) is 48.5 Å². The Bertz CT molecular complexity index is 1150. The number of nitrogens with one attached hydrogen (secondary N) is 2. The summed E-state index contributed by atoms with van der Waals surface area (Å²) in [6.45, 7) is 0. The number of rotatable bonds is 5. The van der Waals surface area contributed by atoms with E-state index in [-0.39, 0.29) is 11.4 Å². The molecule has 0 aliphatic heterocycles. The standard InChI is InChI=1S/C22H15BrFN3O4/c23-16-9-10-19(18(24)12-16)26-20(28)21(29)27-25-13-14-5-4-8-17(11-14)31-22(30)15-6-2-1-3-7-15/h1-13H,(H,26,28)(H,27,29)/b25-13+. The van der Waals surface area contributed by atoms with Crippen LogP contribution in [0.1, 0.15) is 15.9 Å². The van der Waals surface area contributed by atoms with Crippen LogP contribution in [0, 0.1) is 5.82 Å². The number of benzene rings is 3. The zero-order valence-corrected chi connectivity index (χ0v) is 17.4. The number of hydrazone groups is 1. The fourth-order valence-corrected chi connectivity index (χ4v) is 2.72. The molecule has 0 aliphatic carbocycles. The summed E-state index contributed by atoms with van der Waals surface area (Å²) in [6.07, 6.45) is 1.27. The normalized spacial score (nSPS) is 10.5. The Kier molecular flexibility index (Phi) is 7.23. The summed E-state index contributed by atoms with van der Waals surface area (Å²) in [7, 11) is 0. The van der Waals surface area contributed by atoms with Gasteiger partial charge in [-0.15, -0.1) is 0 Å².